The summed E-state index contributed by atoms with van der Waals surface area (Å²) < 4.78 is 5.80. The van der Waals surface area contributed by atoms with Crippen LogP contribution in [0.1, 0.15) is 21.5 Å². The molecule has 0 atom stereocenters. The van der Waals surface area contributed by atoms with Crippen LogP contribution >= 0.6 is 0 Å². The predicted molar refractivity (Wildman–Crippen MR) is 109 cm³/mol. The maximum atomic E-state index is 12.7. The van der Waals surface area contributed by atoms with E-state index in [9.17, 15) is 9.59 Å². The molecule has 3 N–H and O–H groups in total. The van der Waals surface area contributed by atoms with Gasteiger partial charge in [-0.15, -0.1) is 0 Å². The SMILES string of the molecule is Cc1c[nH]c(=O)c2c(C(=O)Nc3cccc(OCc4ccccc4)c3)c[nH]c12. The zero-order chi connectivity index (χ0) is 19.5. The van der Waals surface area contributed by atoms with Gasteiger partial charge < -0.3 is 20.0 Å². The van der Waals surface area contributed by atoms with Crippen LogP contribution in [0.25, 0.3) is 10.9 Å². The molecule has 0 radical (unpaired) electrons. The van der Waals surface area contributed by atoms with E-state index in [1.165, 1.54) is 0 Å². The van der Waals surface area contributed by atoms with Crippen molar-refractivity contribution < 1.29 is 9.53 Å². The van der Waals surface area contributed by atoms with Crippen molar-refractivity contribution in [1.82, 2.24) is 9.97 Å². The van der Waals surface area contributed by atoms with Crippen molar-refractivity contribution in [3.8, 4) is 5.75 Å². The molecule has 0 bridgehead atoms. The fourth-order valence-electron chi connectivity index (χ4n) is 3.07. The molecule has 4 rings (SSSR count). The van der Waals surface area contributed by atoms with Gasteiger partial charge in [0.05, 0.1) is 16.5 Å². The van der Waals surface area contributed by atoms with Crippen molar-refractivity contribution in [2.45, 2.75) is 13.5 Å². The van der Waals surface area contributed by atoms with Gasteiger partial charge in [-0.1, -0.05) is 36.4 Å². The summed E-state index contributed by atoms with van der Waals surface area (Å²) in [5.41, 5.74) is 3.18. The number of hydrogen-bond donors (Lipinski definition) is 3. The minimum Gasteiger partial charge on any atom is -0.489 e. The average Bonchev–Trinajstić information content (AvgIpc) is 3.17. The van der Waals surface area contributed by atoms with Gasteiger partial charge in [0.1, 0.15) is 12.4 Å². The number of amides is 1. The van der Waals surface area contributed by atoms with Crippen molar-refractivity contribution in [1.29, 1.82) is 0 Å². The second kappa shape index (κ2) is 7.44. The Hall–Kier alpha value is -3.80. The van der Waals surface area contributed by atoms with Gasteiger partial charge >= 0.3 is 0 Å². The lowest BCUT2D eigenvalue weighted by molar-refractivity contribution is 0.102. The van der Waals surface area contributed by atoms with Gasteiger partial charge in [0.15, 0.2) is 0 Å². The number of ether oxygens (including phenoxy) is 1. The number of aromatic amines is 2. The smallest absolute Gasteiger partial charge is 0.258 e. The molecule has 0 aliphatic heterocycles. The normalized spacial score (nSPS) is 10.8. The molecule has 0 fully saturated rings. The van der Waals surface area contributed by atoms with Gasteiger partial charge in [-0.05, 0) is 30.2 Å². The first-order valence-electron chi connectivity index (χ1n) is 8.89. The van der Waals surface area contributed by atoms with E-state index in [2.05, 4.69) is 15.3 Å². The highest BCUT2D eigenvalue weighted by Crippen LogP contribution is 2.21. The molecule has 4 aromatic rings. The van der Waals surface area contributed by atoms with Crippen LogP contribution in [0.15, 0.2) is 71.8 Å². The highest BCUT2D eigenvalue weighted by Gasteiger charge is 2.16. The number of aromatic nitrogens is 2. The summed E-state index contributed by atoms with van der Waals surface area (Å²) in [5.74, 6) is 0.289. The molecule has 2 aromatic heterocycles. The summed E-state index contributed by atoms with van der Waals surface area (Å²) in [7, 11) is 0. The third-order valence-corrected chi connectivity index (χ3v) is 4.51. The van der Waals surface area contributed by atoms with Crippen LogP contribution < -0.4 is 15.6 Å². The van der Waals surface area contributed by atoms with Gasteiger partial charge in [0.25, 0.3) is 11.5 Å². The summed E-state index contributed by atoms with van der Waals surface area (Å²) in [6.45, 7) is 2.30. The topological polar surface area (TPSA) is 87.0 Å². The molecule has 0 unspecified atom stereocenters. The molecule has 0 saturated carbocycles. The largest absolute Gasteiger partial charge is 0.489 e. The molecule has 6 nitrogen and oxygen atoms in total. The van der Waals surface area contributed by atoms with Crippen LogP contribution in [0.5, 0.6) is 5.75 Å². The molecule has 6 heteroatoms. The minimum absolute atomic E-state index is 0.299. The number of benzene rings is 2. The Morgan fingerprint density at radius 3 is 2.68 bits per heavy atom. The summed E-state index contributed by atoms with van der Waals surface area (Å²) in [5, 5.41) is 3.19. The molecule has 1 amide bonds. The van der Waals surface area contributed by atoms with Crippen LogP contribution in [-0.2, 0) is 6.61 Å². The van der Waals surface area contributed by atoms with Gasteiger partial charge in [0.2, 0.25) is 0 Å². The molecule has 28 heavy (non-hydrogen) atoms. The zero-order valence-corrected chi connectivity index (χ0v) is 15.3. The quantitative estimate of drug-likeness (QED) is 0.494. The van der Waals surface area contributed by atoms with E-state index in [4.69, 9.17) is 4.74 Å². The minimum atomic E-state index is -0.359. The van der Waals surface area contributed by atoms with Crippen LogP contribution in [0.3, 0.4) is 0 Å². The Kier molecular flexibility index (Phi) is 4.68. The van der Waals surface area contributed by atoms with E-state index >= 15 is 0 Å². The molecular weight excluding hydrogens is 354 g/mol. The Labute approximate surface area is 161 Å². The first-order valence-corrected chi connectivity index (χ1v) is 8.89. The number of H-pyrrole nitrogens is 2. The number of nitrogens with one attached hydrogen (secondary N) is 3. The van der Waals surface area contributed by atoms with Gasteiger partial charge in [-0.2, -0.15) is 0 Å². The third kappa shape index (κ3) is 3.53. The van der Waals surface area contributed by atoms with Crippen molar-refractivity contribution in [3.63, 3.8) is 0 Å². The Balaban J connectivity index is 1.52. The molecule has 2 aromatic carbocycles. The number of rotatable bonds is 5. The monoisotopic (exact) mass is 373 g/mol. The molecule has 0 aliphatic rings. The number of fused-ring (bicyclic) bond motifs is 1. The number of aryl methyl sites for hydroxylation is 1. The van der Waals surface area contributed by atoms with Gasteiger partial charge in [-0.25, -0.2) is 0 Å². The van der Waals surface area contributed by atoms with Crippen molar-refractivity contribution >= 4 is 22.5 Å². The number of carbonyl (C=O) groups excluding carboxylic acids is 1. The fraction of sp³-hybridized carbons (Fsp3) is 0.0909. The lowest BCUT2D eigenvalue weighted by atomic mass is 10.1. The lowest BCUT2D eigenvalue weighted by Gasteiger charge is -2.09. The van der Waals surface area contributed by atoms with Crippen molar-refractivity contribution in [2.24, 2.45) is 0 Å². The maximum absolute atomic E-state index is 12.7. The average molecular weight is 373 g/mol. The van der Waals surface area contributed by atoms with E-state index in [1.807, 2.05) is 49.4 Å². The molecular formula is C22H19N3O3. The predicted octanol–water partition coefficient (Wildman–Crippen LogP) is 4.00. The molecule has 0 aliphatic carbocycles. The van der Waals surface area contributed by atoms with Gasteiger partial charge in [-0.3, -0.25) is 9.59 Å². The summed E-state index contributed by atoms with van der Waals surface area (Å²) in [6.07, 6.45) is 3.17. The second-order valence-corrected chi connectivity index (χ2v) is 6.51. The Morgan fingerprint density at radius 2 is 1.86 bits per heavy atom. The third-order valence-electron chi connectivity index (χ3n) is 4.51. The fourth-order valence-corrected chi connectivity index (χ4v) is 3.07. The number of pyridine rings is 1. The summed E-state index contributed by atoms with van der Waals surface area (Å²) >= 11 is 0. The molecule has 0 saturated heterocycles. The van der Waals surface area contributed by atoms with Crippen molar-refractivity contribution in [2.75, 3.05) is 5.32 Å². The number of anilines is 1. The molecule has 0 spiro atoms. The van der Waals surface area contributed by atoms with Crippen molar-refractivity contribution in [3.05, 3.63) is 94.0 Å². The van der Waals surface area contributed by atoms with E-state index in [1.54, 1.807) is 24.5 Å². The van der Waals surface area contributed by atoms with Crippen LogP contribution in [-0.4, -0.2) is 15.9 Å². The van der Waals surface area contributed by atoms with Crippen LogP contribution in [0, 0.1) is 6.92 Å². The first-order chi connectivity index (χ1) is 13.6. The lowest BCUT2D eigenvalue weighted by Crippen LogP contribution is -2.15. The Morgan fingerprint density at radius 1 is 1.04 bits per heavy atom. The Bertz CT molecular complexity index is 1190. The van der Waals surface area contributed by atoms with Crippen LogP contribution in [0.4, 0.5) is 5.69 Å². The highest BCUT2D eigenvalue weighted by atomic mass is 16.5. The summed E-state index contributed by atoms with van der Waals surface area (Å²) in [6, 6.07) is 17.0. The van der Waals surface area contributed by atoms with Gasteiger partial charge in [0, 0.05) is 24.1 Å². The van der Waals surface area contributed by atoms with E-state index in [-0.39, 0.29) is 11.5 Å². The van der Waals surface area contributed by atoms with E-state index in [0.717, 1.165) is 11.1 Å². The van der Waals surface area contributed by atoms with Crippen LogP contribution in [0.2, 0.25) is 0 Å². The first kappa shape index (κ1) is 17.6. The second-order valence-electron chi connectivity index (χ2n) is 6.51. The van der Waals surface area contributed by atoms with E-state index < -0.39 is 0 Å². The van der Waals surface area contributed by atoms with E-state index in [0.29, 0.717) is 34.5 Å². The molecule has 140 valence electrons. The zero-order valence-electron chi connectivity index (χ0n) is 15.3. The maximum Gasteiger partial charge on any atom is 0.258 e. The molecule has 2 heterocycles. The number of hydrogen-bond acceptors (Lipinski definition) is 3. The number of carbonyl (C=O) groups is 1. The standard InChI is InChI=1S/C22H19N3O3/c1-14-11-24-22(27)19-18(12-23-20(14)19)21(26)25-16-8-5-9-17(10-16)28-13-15-6-3-2-4-7-15/h2-12,23H,13H2,1H3,(H,24,27)(H,25,26). The summed E-state index contributed by atoms with van der Waals surface area (Å²) in [4.78, 5) is 30.5. The highest BCUT2D eigenvalue weighted by molar-refractivity contribution is 6.12.